The van der Waals surface area contributed by atoms with Gasteiger partial charge in [-0.2, -0.15) is 0 Å². The van der Waals surface area contributed by atoms with Gasteiger partial charge in [-0.15, -0.1) is 0 Å². The molecule has 0 aliphatic rings. The molecule has 0 spiro atoms. The largest absolute Gasteiger partial charge is 0.465 e. The molecule has 0 fully saturated rings. The average Bonchev–Trinajstić information content (AvgIpc) is 2.81. The highest BCUT2D eigenvalue weighted by Gasteiger charge is 2.12. The molecule has 0 amide bonds. The second-order valence-corrected chi connectivity index (χ2v) is 5.09. The molecule has 1 heterocycles. The topological polar surface area (TPSA) is 51.2 Å². The molecular formula is C11H8Cl2N2O2S. The number of carbonyl (C=O) groups is 1. The Kier molecular flexibility index (Phi) is 4.06. The molecule has 0 atom stereocenters. The van der Waals surface area contributed by atoms with Crippen molar-refractivity contribution in [1.82, 2.24) is 4.98 Å². The third-order valence-corrected chi connectivity index (χ3v) is 3.61. The number of ether oxygens (including phenoxy) is 1. The Labute approximate surface area is 118 Å². The number of hydrogen-bond donors (Lipinski definition) is 1. The van der Waals surface area contributed by atoms with E-state index in [4.69, 9.17) is 23.2 Å². The van der Waals surface area contributed by atoms with Crippen LogP contribution in [0, 0.1) is 0 Å². The van der Waals surface area contributed by atoms with Crippen LogP contribution < -0.4 is 5.32 Å². The lowest BCUT2D eigenvalue weighted by Crippen LogP contribution is -1.96. The fourth-order valence-electron chi connectivity index (χ4n) is 1.25. The van der Waals surface area contributed by atoms with Crippen LogP contribution >= 0.6 is 34.5 Å². The van der Waals surface area contributed by atoms with Crippen molar-refractivity contribution in [2.24, 2.45) is 0 Å². The van der Waals surface area contributed by atoms with Crippen molar-refractivity contribution in [3.8, 4) is 0 Å². The number of nitrogens with zero attached hydrogens (tertiary/aromatic N) is 1. The summed E-state index contributed by atoms with van der Waals surface area (Å²) in [4.78, 5) is 15.7. The predicted octanol–water partition coefficient (Wildman–Crippen LogP) is 3.98. The van der Waals surface area contributed by atoms with Crippen LogP contribution in [-0.4, -0.2) is 18.1 Å². The van der Waals surface area contributed by atoms with Crippen LogP contribution in [-0.2, 0) is 4.74 Å². The van der Waals surface area contributed by atoms with Gasteiger partial charge in [-0.1, -0.05) is 40.6 Å². The van der Waals surface area contributed by atoms with Crippen molar-refractivity contribution in [2.45, 2.75) is 0 Å². The lowest BCUT2D eigenvalue weighted by atomic mass is 10.3. The van der Waals surface area contributed by atoms with Gasteiger partial charge in [0.05, 0.1) is 29.0 Å². The molecule has 2 rings (SSSR count). The summed E-state index contributed by atoms with van der Waals surface area (Å²) in [6.45, 7) is 0. The normalized spacial score (nSPS) is 10.2. The third kappa shape index (κ3) is 2.75. The predicted molar refractivity (Wildman–Crippen MR) is 73.2 cm³/mol. The van der Waals surface area contributed by atoms with Crippen LogP contribution in [0.2, 0.25) is 10.0 Å². The summed E-state index contributed by atoms with van der Waals surface area (Å²) < 4.78 is 4.60. The molecule has 0 saturated carbocycles. The second kappa shape index (κ2) is 5.56. The Morgan fingerprint density at radius 1 is 1.39 bits per heavy atom. The first-order chi connectivity index (χ1) is 8.61. The van der Waals surface area contributed by atoms with Crippen LogP contribution in [0.15, 0.2) is 24.4 Å². The summed E-state index contributed by atoms with van der Waals surface area (Å²) in [5.74, 6) is -0.425. The summed E-state index contributed by atoms with van der Waals surface area (Å²) in [5.41, 5.74) is 0.562. The Bertz CT molecular complexity index is 566. The first-order valence-electron chi connectivity index (χ1n) is 4.87. The Hall–Kier alpha value is -1.30. The minimum absolute atomic E-state index is 0.406. The van der Waals surface area contributed by atoms with Gasteiger partial charge >= 0.3 is 5.97 Å². The maximum Gasteiger partial charge on any atom is 0.349 e. The van der Waals surface area contributed by atoms with E-state index in [2.05, 4.69) is 15.0 Å². The number of halogens is 2. The fourth-order valence-corrected chi connectivity index (χ4v) is 2.48. The zero-order valence-corrected chi connectivity index (χ0v) is 11.6. The smallest absolute Gasteiger partial charge is 0.349 e. The lowest BCUT2D eigenvalue weighted by molar-refractivity contribution is 0.0606. The molecule has 1 N–H and O–H groups in total. The Morgan fingerprint density at radius 2 is 2.06 bits per heavy atom. The van der Waals surface area contributed by atoms with Gasteiger partial charge in [0.25, 0.3) is 0 Å². The van der Waals surface area contributed by atoms with Crippen molar-refractivity contribution in [3.63, 3.8) is 0 Å². The lowest BCUT2D eigenvalue weighted by Gasteiger charge is -2.06. The van der Waals surface area contributed by atoms with Crippen molar-refractivity contribution in [1.29, 1.82) is 0 Å². The number of rotatable bonds is 3. The summed E-state index contributed by atoms with van der Waals surface area (Å²) in [6.07, 6.45) is 1.43. The molecule has 1 aromatic carbocycles. The molecule has 1 aromatic heterocycles. The standard InChI is InChI=1S/C11H8Cl2N2O2S/c1-17-10(16)8-5-14-11(18-8)15-9-6(12)3-2-4-7(9)13/h2-5H,1H3,(H,14,15). The number of anilines is 2. The molecule has 0 bridgehead atoms. The zero-order chi connectivity index (χ0) is 13.1. The fraction of sp³-hybridized carbons (Fsp3) is 0.0909. The quantitative estimate of drug-likeness (QED) is 0.871. The van der Waals surface area contributed by atoms with Crippen molar-refractivity contribution in [2.75, 3.05) is 12.4 Å². The molecule has 94 valence electrons. The molecule has 0 unspecified atom stereocenters. The molecule has 0 saturated heterocycles. The highest BCUT2D eigenvalue weighted by atomic mass is 35.5. The summed E-state index contributed by atoms with van der Waals surface area (Å²) in [6, 6.07) is 5.17. The minimum atomic E-state index is -0.425. The van der Waals surface area contributed by atoms with E-state index in [0.29, 0.717) is 25.7 Å². The van der Waals surface area contributed by atoms with Crippen LogP contribution in [0.5, 0.6) is 0 Å². The summed E-state index contributed by atoms with van der Waals surface area (Å²) in [7, 11) is 1.32. The first kappa shape index (κ1) is 13.1. The van der Waals surface area contributed by atoms with Crippen molar-refractivity contribution >= 4 is 51.3 Å². The number of thiazole rings is 1. The second-order valence-electron chi connectivity index (χ2n) is 3.24. The van der Waals surface area contributed by atoms with Gasteiger partial charge in [0.2, 0.25) is 0 Å². The summed E-state index contributed by atoms with van der Waals surface area (Å²) >= 11 is 13.2. The van der Waals surface area contributed by atoms with E-state index in [9.17, 15) is 4.79 Å². The van der Waals surface area contributed by atoms with Gasteiger partial charge < -0.3 is 10.1 Å². The van der Waals surface area contributed by atoms with E-state index in [1.54, 1.807) is 18.2 Å². The van der Waals surface area contributed by atoms with Gasteiger partial charge in [0.15, 0.2) is 5.13 Å². The molecule has 0 aliphatic carbocycles. The number of benzene rings is 1. The maximum atomic E-state index is 11.3. The Balaban J connectivity index is 2.24. The van der Waals surface area contributed by atoms with Gasteiger partial charge in [-0.25, -0.2) is 9.78 Å². The molecule has 18 heavy (non-hydrogen) atoms. The SMILES string of the molecule is COC(=O)c1cnc(Nc2c(Cl)cccc2Cl)s1. The van der Waals surface area contributed by atoms with Gasteiger partial charge in [-0.3, -0.25) is 0 Å². The molecular weight excluding hydrogens is 295 g/mol. The highest BCUT2D eigenvalue weighted by molar-refractivity contribution is 7.17. The number of carbonyl (C=O) groups excluding carboxylic acids is 1. The van der Waals surface area contributed by atoms with E-state index in [0.717, 1.165) is 11.3 Å². The van der Waals surface area contributed by atoms with Crippen LogP contribution in [0.25, 0.3) is 0 Å². The van der Waals surface area contributed by atoms with E-state index in [1.165, 1.54) is 13.3 Å². The number of nitrogens with one attached hydrogen (secondary N) is 1. The molecule has 4 nitrogen and oxygen atoms in total. The first-order valence-corrected chi connectivity index (χ1v) is 6.44. The molecule has 0 radical (unpaired) electrons. The van der Waals surface area contributed by atoms with Crippen LogP contribution in [0.1, 0.15) is 9.67 Å². The highest BCUT2D eigenvalue weighted by Crippen LogP contribution is 2.33. The number of para-hydroxylation sites is 1. The van der Waals surface area contributed by atoms with Crippen molar-refractivity contribution in [3.05, 3.63) is 39.3 Å². The average molecular weight is 303 g/mol. The van der Waals surface area contributed by atoms with Gasteiger partial charge in [0, 0.05) is 0 Å². The molecule has 0 aliphatic heterocycles. The van der Waals surface area contributed by atoms with Crippen LogP contribution in [0.3, 0.4) is 0 Å². The zero-order valence-electron chi connectivity index (χ0n) is 9.24. The van der Waals surface area contributed by atoms with Gasteiger partial charge in [0.1, 0.15) is 4.88 Å². The van der Waals surface area contributed by atoms with Crippen LogP contribution in [0.4, 0.5) is 10.8 Å². The van der Waals surface area contributed by atoms with E-state index < -0.39 is 5.97 Å². The van der Waals surface area contributed by atoms with E-state index in [-0.39, 0.29) is 0 Å². The number of hydrogen-bond acceptors (Lipinski definition) is 5. The number of aromatic nitrogens is 1. The Morgan fingerprint density at radius 3 is 2.67 bits per heavy atom. The minimum Gasteiger partial charge on any atom is -0.465 e. The summed E-state index contributed by atoms with van der Waals surface area (Å²) in [5, 5.41) is 4.46. The monoisotopic (exact) mass is 302 g/mol. The number of methoxy groups -OCH3 is 1. The number of esters is 1. The molecule has 7 heteroatoms. The van der Waals surface area contributed by atoms with Crippen molar-refractivity contribution < 1.29 is 9.53 Å². The van der Waals surface area contributed by atoms with E-state index >= 15 is 0 Å². The maximum absolute atomic E-state index is 11.3. The van der Waals surface area contributed by atoms with Gasteiger partial charge in [-0.05, 0) is 12.1 Å². The van der Waals surface area contributed by atoms with E-state index in [1.807, 2.05) is 0 Å². The third-order valence-electron chi connectivity index (χ3n) is 2.09. The molecule has 2 aromatic rings.